The van der Waals surface area contributed by atoms with Gasteiger partial charge in [-0.2, -0.15) is 0 Å². The molecule has 1 saturated carbocycles. The molecule has 1 aromatic carbocycles. The van der Waals surface area contributed by atoms with Gasteiger partial charge in [-0.1, -0.05) is 18.9 Å². The molecule has 0 saturated heterocycles. The average molecular weight is 375 g/mol. The van der Waals surface area contributed by atoms with Crippen LogP contribution in [0.5, 0.6) is 0 Å². The van der Waals surface area contributed by atoms with E-state index in [2.05, 4.69) is 20.7 Å². The van der Waals surface area contributed by atoms with Crippen molar-refractivity contribution >= 4 is 29.4 Å². The van der Waals surface area contributed by atoms with Gasteiger partial charge in [0.1, 0.15) is 12.6 Å². The van der Waals surface area contributed by atoms with E-state index in [1.54, 1.807) is 18.2 Å². The second-order valence-corrected chi connectivity index (χ2v) is 6.55. The van der Waals surface area contributed by atoms with Crippen molar-refractivity contribution in [3.8, 4) is 0 Å². The molecule has 0 spiro atoms. The third-order valence-electron chi connectivity index (χ3n) is 4.53. The van der Waals surface area contributed by atoms with Crippen molar-refractivity contribution in [1.82, 2.24) is 10.6 Å². The van der Waals surface area contributed by atoms with Crippen molar-refractivity contribution in [2.75, 3.05) is 19.0 Å². The van der Waals surface area contributed by atoms with Crippen LogP contribution in [0.4, 0.5) is 5.69 Å². The zero-order valence-electron chi connectivity index (χ0n) is 15.5. The maximum atomic E-state index is 12.7. The lowest BCUT2D eigenvalue weighted by Gasteiger charge is -2.23. The van der Waals surface area contributed by atoms with Gasteiger partial charge in [0.05, 0.1) is 7.11 Å². The lowest BCUT2D eigenvalue weighted by atomic mass is 9.97. The van der Waals surface area contributed by atoms with E-state index in [9.17, 15) is 19.2 Å². The number of nitrogens with one attached hydrogen (secondary N) is 3. The van der Waals surface area contributed by atoms with E-state index in [0.717, 1.165) is 25.7 Å². The van der Waals surface area contributed by atoms with Gasteiger partial charge < -0.3 is 20.7 Å². The van der Waals surface area contributed by atoms with E-state index < -0.39 is 17.9 Å². The molecule has 1 aliphatic rings. The molecule has 1 fully saturated rings. The fourth-order valence-electron chi connectivity index (χ4n) is 3.19. The third kappa shape index (κ3) is 6.09. The molecule has 2 rings (SSSR count). The fourth-order valence-corrected chi connectivity index (χ4v) is 3.19. The Morgan fingerprint density at radius 3 is 2.52 bits per heavy atom. The van der Waals surface area contributed by atoms with E-state index in [-0.39, 0.29) is 24.3 Å². The molecule has 1 atom stereocenters. The van der Waals surface area contributed by atoms with E-state index in [4.69, 9.17) is 0 Å². The van der Waals surface area contributed by atoms with Crippen molar-refractivity contribution < 1.29 is 23.9 Å². The summed E-state index contributed by atoms with van der Waals surface area (Å²) in [7, 11) is 1.24. The van der Waals surface area contributed by atoms with Gasteiger partial charge >= 0.3 is 5.97 Å². The Hall–Kier alpha value is -2.90. The molecule has 0 heterocycles. The van der Waals surface area contributed by atoms with E-state index >= 15 is 0 Å². The number of rotatable bonds is 7. The highest BCUT2D eigenvalue weighted by atomic mass is 16.5. The minimum absolute atomic E-state index is 0.112. The molecule has 1 aliphatic carbocycles. The molecule has 27 heavy (non-hydrogen) atoms. The monoisotopic (exact) mass is 375 g/mol. The first-order valence-electron chi connectivity index (χ1n) is 8.93. The standard InChI is InChI=1S/C19H25N3O5/c1-12(23)21-17(13-6-3-4-7-13)19(26)22-15-9-5-8-14(10-15)18(25)20-11-16(24)27-2/h5,8-10,13,17H,3-4,6-7,11H2,1-2H3,(H,20,25)(H,21,23)(H,22,26). The lowest BCUT2D eigenvalue weighted by molar-refractivity contribution is -0.139. The highest BCUT2D eigenvalue weighted by Gasteiger charge is 2.31. The first-order valence-corrected chi connectivity index (χ1v) is 8.93. The number of hydrogen-bond acceptors (Lipinski definition) is 5. The molecule has 0 radical (unpaired) electrons. The van der Waals surface area contributed by atoms with Crippen LogP contribution in [0, 0.1) is 5.92 Å². The predicted octanol–water partition coefficient (Wildman–Crippen LogP) is 1.22. The molecule has 8 nitrogen and oxygen atoms in total. The third-order valence-corrected chi connectivity index (χ3v) is 4.53. The normalized spacial score (nSPS) is 14.9. The Balaban J connectivity index is 2.04. The molecule has 0 bridgehead atoms. The number of methoxy groups -OCH3 is 1. The number of anilines is 1. The van der Waals surface area contributed by atoms with Crippen LogP contribution < -0.4 is 16.0 Å². The van der Waals surface area contributed by atoms with E-state index in [1.807, 2.05) is 0 Å². The number of amides is 3. The van der Waals surface area contributed by atoms with Gasteiger partial charge in [-0.3, -0.25) is 19.2 Å². The minimum atomic E-state index is -0.596. The summed E-state index contributed by atoms with van der Waals surface area (Å²) in [4.78, 5) is 47.4. The average Bonchev–Trinajstić information content (AvgIpc) is 3.18. The van der Waals surface area contributed by atoms with Gasteiger partial charge in [-0.15, -0.1) is 0 Å². The molecule has 8 heteroatoms. The molecular weight excluding hydrogens is 350 g/mol. The highest BCUT2D eigenvalue weighted by molar-refractivity contribution is 6.00. The Bertz CT molecular complexity index is 713. The molecule has 0 aliphatic heterocycles. The summed E-state index contributed by atoms with van der Waals surface area (Å²) in [5.41, 5.74) is 0.743. The summed E-state index contributed by atoms with van der Waals surface area (Å²) in [6, 6.07) is 5.79. The van der Waals surface area contributed by atoms with Crippen LogP contribution in [0.1, 0.15) is 43.0 Å². The summed E-state index contributed by atoms with van der Waals surface area (Å²) in [5, 5.41) is 7.95. The zero-order valence-corrected chi connectivity index (χ0v) is 15.5. The summed E-state index contributed by atoms with van der Waals surface area (Å²) >= 11 is 0. The second-order valence-electron chi connectivity index (χ2n) is 6.55. The molecule has 3 N–H and O–H groups in total. The molecule has 1 aromatic rings. The molecular formula is C19H25N3O5. The van der Waals surface area contributed by atoms with Crippen molar-refractivity contribution in [2.45, 2.75) is 38.6 Å². The summed E-state index contributed by atoms with van der Waals surface area (Å²) in [6.45, 7) is 1.15. The van der Waals surface area contributed by atoms with Crippen molar-refractivity contribution in [3.63, 3.8) is 0 Å². The van der Waals surface area contributed by atoms with E-state index in [0.29, 0.717) is 11.3 Å². The smallest absolute Gasteiger partial charge is 0.325 e. The fraction of sp³-hybridized carbons (Fsp3) is 0.474. The topological polar surface area (TPSA) is 114 Å². The maximum absolute atomic E-state index is 12.7. The number of benzene rings is 1. The van der Waals surface area contributed by atoms with Crippen LogP contribution in [0.25, 0.3) is 0 Å². The predicted molar refractivity (Wildman–Crippen MR) is 99.0 cm³/mol. The first-order chi connectivity index (χ1) is 12.9. The van der Waals surface area contributed by atoms with Gasteiger partial charge in [0.15, 0.2) is 0 Å². The van der Waals surface area contributed by atoms with Crippen LogP contribution in [0.15, 0.2) is 24.3 Å². The van der Waals surface area contributed by atoms with Gasteiger partial charge in [0, 0.05) is 18.2 Å². The number of hydrogen-bond donors (Lipinski definition) is 3. The van der Waals surface area contributed by atoms with Crippen LogP contribution in [-0.2, 0) is 19.1 Å². The summed E-state index contributed by atoms with van der Waals surface area (Å²) in [6.07, 6.45) is 3.89. The number of carbonyl (C=O) groups excluding carboxylic acids is 4. The van der Waals surface area contributed by atoms with Crippen LogP contribution in [0.2, 0.25) is 0 Å². The Labute approximate surface area is 158 Å². The van der Waals surface area contributed by atoms with Gasteiger partial charge in [0.25, 0.3) is 5.91 Å². The SMILES string of the molecule is COC(=O)CNC(=O)c1cccc(NC(=O)C(NC(C)=O)C2CCCC2)c1. The number of carbonyl (C=O) groups is 4. The number of ether oxygens (including phenoxy) is 1. The highest BCUT2D eigenvalue weighted by Crippen LogP contribution is 2.28. The Kier molecular flexibility index (Phi) is 7.34. The van der Waals surface area contributed by atoms with Gasteiger partial charge in [-0.05, 0) is 37.0 Å². The number of esters is 1. The summed E-state index contributed by atoms with van der Waals surface area (Å²) in [5.74, 6) is -1.45. The zero-order chi connectivity index (χ0) is 19.8. The summed E-state index contributed by atoms with van der Waals surface area (Å²) < 4.78 is 4.47. The van der Waals surface area contributed by atoms with Crippen molar-refractivity contribution in [3.05, 3.63) is 29.8 Å². The second kappa shape index (κ2) is 9.70. The van der Waals surface area contributed by atoms with Crippen LogP contribution in [0.3, 0.4) is 0 Å². The molecule has 1 unspecified atom stereocenters. The lowest BCUT2D eigenvalue weighted by Crippen LogP contribution is -2.47. The largest absolute Gasteiger partial charge is 0.468 e. The van der Waals surface area contributed by atoms with Gasteiger partial charge in [0.2, 0.25) is 11.8 Å². The van der Waals surface area contributed by atoms with E-state index in [1.165, 1.54) is 20.1 Å². The van der Waals surface area contributed by atoms with Crippen molar-refractivity contribution in [1.29, 1.82) is 0 Å². The maximum Gasteiger partial charge on any atom is 0.325 e. The Morgan fingerprint density at radius 2 is 1.89 bits per heavy atom. The van der Waals surface area contributed by atoms with Gasteiger partial charge in [-0.25, -0.2) is 0 Å². The minimum Gasteiger partial charge on any atom is -0.468 e. The first kappa shape index (κ1) is 20.4. The molecule has 146 valence electrons. The molecule has 0 aromatic heterocycles. The Morgan fingerprint density at radius 1 is 1.19 bits per heavy atom. The van der Waals surface area contributed by atoms with Crippen LogP contribution >= 0.6 is 0 Å². The van der Waals surface area contributed by atoms with Crippen LogP contribution in [-0.4, -0.2) is 43.4 Å². The molecule has 3 amide bonds. The van der Waals surface area contributed by atoms with Crippen molar-refractivity contribution in [2.24, 2.45) is 5.92 Å². The quantitative estimate of drug-likeness (QED) is 0.620.